The molecule has 158 valence electrons. The van der Waals surface area contributed by atoms with Gasteiger partial charge in [0.1, 0.15) is 0 Å². The molecule has 2 heterocycles. The molecule has 0 bridgehead atoms. The van der Waals surface area contributed by atoms with Crippen LogP contribution in [0, 0.1) is 17.2 Å². The van der Waals surface area contributed by atoms with E-state index in [2.05, 4.69) is 4.99 Å². The Morgan fingerprint density at radius 2 is 1.68 bits per heavy atom. The number of allylic oxidation sites excluding steroid dienone is 1. The first-order valence-corrected chi connectivity index (χ1v) is 10.1. The second-order valence-electron chi connectivity index (χ2n) is 7.69. The fourth-order valence-electron chi connectivity index (χ4n) is 4.17. The Bertz CT molecular complexity index is 1090. The molecule has 0 unspecified atom stereocenters. The highest BCUT2D eigenvalue weighted by molar-refractivity contribution is 6.00. The molecule has 31 heavy (non-hydrogen) atoms. The highest BCUT2D eigenvalue weighted by Crippen LogP contribution is 2.41. The van der Waals surface area contributed by atoms with Crippen molar-refractivity contribution in [3.8, 4) is 6.07 Å². The third-order valence-electron chi connectivity index (χ3n) is 5.82. The Morgan fingerprint density at radius 3 is 2.32 bits per heavy atom. The molecular formula is C24H20F3N3O. The van der Waals surface area contributed by atoms with Gasteiger partial charge in [-0.3, -0.25) is 9.79 Å². The summed E-state index contributed by atoms with van der Waals surface area (Å²) in [5.41, 5.74) is 1.08. The number of hydrogen-bond donors (Lipinski definition) is 0. The second-order valence-corrected chi connectivity index (χ2v) is 7.69. The molecule has 0 aliphatic carbocycles. The van der Waals surface area contributed by atoms with E-state index in [9.17, 15) is 23.2 Å². The molecule has 4 nitrogen and oxygen atoms in total. The minimum atomic E-state index is -4.44. The lowest BCUT2D eigenvalue weighted by molar-refractivity contribution is -0.0917. The Labute approximate surface area is 178 Å². The van der Waals surface area contributed by atoms with Crippen LogP contribution in [0.3, 0.4) is 0 Å². The fraction of sp³-hybridized carbons (Fsp3) is 0.292. The van der Waals surface area contributed by atoms with Crippen LogP contribution in [0.2, 0.25) is 0 Å². The smallest absolute Gasteiger partial charge is 0.339 e. The largest absolute Gasteiger partial charge is 0.415 e. The first kappa shape index (κ1) is 20.9. The van der Waals surface area contributed by atoms with Crippen molar-refractivity contribution in [1.82, 2.24) is 4.90 Å². The van der Waals surface area contributed by atoms with Gasteiger partial charge in [-0.1, -0.05) is 42.5 Å². The molecular weight excluding hydrogens is 403 g/mol. The van der Waals surface area contributed by atoms with E-state index in [1.807, 2.05) is 6.07 Å². The third-order valence-corrected chi connectivity index (χ3v) is 5.82. The van der Waals surface area contributed by atoms with Gasteiger partial charge < -0.3 is 4.90 Å². The first-order chi connectivity index (χ1) is 14.9. The Hall–Kier alpha value is -3.40. The van der Waals surface area contributed by atoms with Crippen LogP contribution < -0.4 is 0 Å². The molecule has 7 heteroatoms. The van der Waals surface area contributed by atoms with Gasteiger partial charge in [0.15, 0.2) is 0 Å². The molecule has 4 rings (SSSR count). The van der Waals surface area contributed by atoms with E-state index < -0.39 is 11.7 Å². The van der Waals surface area contributed by atoms with E-state index >= 15 is 0 Å². The van der Waals surface area contributed by atoms with Crippen LogP contribution >= 0.6 is 0 Å². The van der Waals surface area contributed by atoms with Crippen LogP contribution in [0.1, 0.15) is 40.7 Å². The minimum absolute atomic E-state index is 0.00422. The van der Waals surface area contributed by atoms with Crippen molar-refractivity contribution in [2.75, 3.05) is 13.1 Å². The van der Waals surface area contributed by atoms with E-state index in [0.29, 0.717) is 48.3 Å². The van der Waals surface area contributed by atoms with Crippen molar-refractivity contribution in [1.29, 1.82) is 5.26 Å². The van der Waals surface area contributed by atoms with Crippen LogP contribution in [0.5, 0.6) is 0 Å². The number of carbonyl (C=O) groups is 1. The molecule has 0 N–H and O–H groups in total. The molecule has 1 amide bonds. The van der Waals surface area contributed by atoms with Crippen molar-refractivity contribution >= 4 is 17.3 Å². The van der Waals surface area contributed by atoms with E-state index in [1.54, 1.807) is 59.5 Å². The summed E-state index contributed by atoms with van der Waals surface area (Å²) < 4.78 is 41.0. The van der Waals surface area contributed by atoms with Crippen LogP contribution in [0.4, 0.5) is 13.2 Å². The molecule has 1 saturated heterocycles. The lowest BCUT2D eigenvalue weighted by Gasteiger charge is -2.32. The molecule has 0 atom stereocenters. The van der Waals surface area contributed by atoms with Crippen molar-refractivity contribution in [3.05, 3.63) is 76.9 Å². The zero-order valence-electron chi connectivity index (χ0n) is 16.7. The molecule has 0 radical (unpaired) electrons. The third kappa shape index (κ3) is 4.24. The van der Waals surface area contributed by atoms with Gasteiger partial charge in [-0.25, -0.2) is 0 Å². The second kappa shape index (κ2) is 8.38. The lowest BCUT2D eigenvalue weighted by atomic mass is 9.89. The lowest BCUT2D eigenvalue weighted by Crippen LogP contribution is -2.40. The van der Waals surface area contributed by atoms with Crippen molar-refractivity contribution in [2.24, 2.45) is 10.9 Å². The van der Waals surface area contributed by atoms with Crippen LogP contribution in [-0.2, 0) is 0 Å². The number of alkyl halides is 3. The van der Waals surface area contributed by atoms with E-state index in [-0.39, 0.29) is 23.9 Å². The molecule has 0 spiro atoms. The standard InChI is InChI=1S/C24H20F3N3O/c25-24(26,27)20-14-21(29-22(20)17-6-2-1-3-7-17)16-10-12-30(13-11-16)23(31)19-9-5-4-8-18(19)15-28/h1-9,16H,10-14H2. The number of halogens is 3. The van der Waals surface area contributed by atoms with Crippen LogP contribution in [0.15, 0.2) is 65.2 Å². The predicted octanol–water partition coefficient (Wildman–Crippen LogP) is 5.23. The summed E-state index contributed by atoms with van der Waals surface area (Å²) >= 11 is 0. The average molecular weight is 423 g/mol. The maximum Gasteiger partial charge on any atom is 0.415 e. The van der Waals surface area contributed by atoms with Gasteiger partial charge in [0.05, 0.1) is 28.5 Å². The number of rotatable bonds is 3. The summed E-state index contributed by atoms with van der Waals surface area (Å²) in [5, 5.41) is 9.23. The highest BCUT2D eigenvalue weighted by Gasteiger charge is 2.42. The van der Waals surface area contributed by atoms with Crippen LogP contribution in [0.25, 0.3) is 5.70 Å². The van der Waals surface area contributed by atoms with Gasteiger partial charge >= 0.3 is 6.18 Å². The van der Waals surface area contributed by atoms with Gasteiger partial charge in [0.2, 0.25) is 0 Å². The molecule has 1 fully saturated rings. The molecule has 2 aromatic carbocycles. The number of nitriles is 1. The molecule has 2 aliphatic heterocycles. The zero-order chi connectivity index (χ0) is 22.0. The summed E-state index contributed by atoms with van der Waals surface area (Å²) in [4.78, 5) is 18.9. The number of benzene rings is 2. The summed E-state index contributed by atoms with van der Waals surface area (Å²) in [6.07, 6.45) is -3.54. The summed E-state index contributed by atoms with van der Waals surface area (Å²) in [6, 6.07) is 17.1. The Kier molecular flexibility index (Phi) is 5.64. The summed E-state index contributed by atoms with van der Waals surface area (Å²) in [7, 11) is 0. The zero-order valence-corrected chi connectivity index (χ0v) is 16.7. The number of piperidine rings is 1. The van der Waals surface area contributed by atoms with Gasteiger partial charge in [-0.15, -0.1) is 0 Å². The molecule has 2 aromatic rings. The van der Waals surface area contributed by atoms with Crippen molar-refractivity contribution in [3.63, 3.8) is 0 Å². The van der Waals surface area contributed by atoms with Crippen molar-refractivity contribution < 1.29 is 18.0 Å². The first-order valence-electron chi connectivity index (χ1n) is 10.1. The number of aliphatic imine (C=N–C) groups is 1. The van der Waals surface area contributed by atoms with Gasteiger partial charge in [0, 0.05) is 36.7 Å². The maximum absolute atomic E-state index is 13.7. The van der Waals surface area contributed by atoms with Crippen molar-refractivity contribution in [2.45, 2.75) is 25.4 Å². The van der Waals surface area contributed by atoms with Crippen LogP contribution in [-0.4, -0.2) is 35.8 Å². The predicted molar refractivity (Wildman–Crippen MR) is 111 cm³/mol. The minimum Gasteiger partial charge on any atom is -0.339 e. The number of hydrogen-bond acceptors (Lipinski definition) is 3. The van der Waals surface area contributed by atoms with E-state index in [1.165, 1.54) is 0 Å². The number of likely N-dealkylation sites (tertiary alicyclic amines) is 1. The normalized spacial score (nSPS) is 17.5. The fourth-order valence-corrected chi connectivity index (χ4v) is 4.17. The highest BCUT2D eigenvalue weighted by atomic mass is 19.4. The van der Waals surface area contributed by atoms with E-state index in [4.69, 9.17) is 0 Å². The molecule has 0 saturated carbocycles. The summed E-state index contributed by atoms with van der Waals surface area (Å²) in [6.45, 7) is 0.842. The summed E-state index contributed by atoms with van der Waals surface area (Å²) in [5.74, 6) is -0.322. The van der Waals surface area contributed by atoms with Gasteiger partial charge in [0.25, 0.3) is 5.91 Å². The molecule has 2 aliphatic rings. The van der Waals surface area contributed by atoms with Gasteiger partial charge in [-0.2, -0.15) is 18.4 Å². The quantitative estimate of drug-likeness (QED) is 0.679. The Morgan fingerprint density at radius 1 is 1.03 bits per heavy atom. The monoisotopic (exact) mass is 423 g/mol. The van der Waals surface area contributed by atoms with Gasteiger partial charge in [-0.05, 0) is 25.0 Å². The molecule has 0 aromatic heterocycles. The number of amides is 1. The van der Waals surface area contributed by atoms with E-state index in [0.717, 1.165) is 0 Å². The topological polar surface area (TPSA) is 56.5 Å². The number of nitrogens with zero attached hydrogens (tertiary/aromatic N) is 3. The maximum atomic E-state index is 13.7. The number of carbonyl (C=O) groups excluding carboxylic acids is 1. The SMILES string of the molecule is N#Cc1ccccc1C(=O)N1CCC(C2=NC(c3ccccc3)=C(C(F)(F)F)C2)CC1. The average Bonchev–Trinajstić information content (AvgIpc) is 3.25. The Balaban J connectivity index is 1.48.